The van der Waals surface area contributed by atoms with Crippen LogP contribution in [-0.2, 0) is 10.8 Å². The summed E-state index contributed by atoms with van der Waals surface area (Å²) in [5.74, 6) is 2.48. The minimum atomic E-state index is 0.268. The molecule has 3 aliphatic rings. The van der Waals surface area contributed by atoms with Gasteiger partial charge >= 0.3 is 0 Å². The Morgan fingerprint density at radius 2 is 1.62 bits per heavy atom. The molecule has 1 unspecified atom stereocenters. The van der Waals surface area contributed by atoms with Crippen LogP contribution in [0.1, 0.15) is 76.5 Å². The van der Waals surface area contributed by atoms with Crippen LogP contribution in [0.3, 0.4) is 0 Å². The Bertz CT molecular complexity index is 862. The fourth-order valence-corrected chi connectivity index (χ4v) is 6.65. The quantitative estimate of drug-likeness (QED) is 0.421. The van der Waals surface area contributed by atoms with Crippen molar-refractivity contribution in [2.45, 2.75) is 70.6 Å². The maximum atomic E-state index is 8.96. The molecule has 0 bridgehead atoms. The average Bonchev–Trinajstić information content (AvgIpc) is 2.80. The number of allylic oxidation sites excluding steroid dienone is 2. The molecule has 32 heavy (non-hydrogen) atoms. The van der Waals surface area contributed by atoms with Crippen molar-refractivity contribution >= 4 is 14.2 Å². The van der Waals surface area contributed by atoms with Crippen molar-refractivity contribution in [3.8, 4) is 0 Å². The van der Waals surface area contributed by atoms with E-state index in [0.717, 1.165) is 47.6 Å². The zero-order valence-corrected chi connectivity index (χ0v) is 21.7. The third-order valence-corrected chi connectivity index (χ3v) is 9.04. The van der Waals surface area contributed by atoms with Crippen molar-refractivity contribution in [2.75, 3.05) is 45.5 Å². The fourth-order valence-electron chi connectivity index (χ4n) is 5.55. The van der Waals surface area contributed by atoms with Crippen LogP contribution < -0.4 is 0 Å². The van der Waals surface area contributed by atoms with Gasteiger partial charge in [-0.3, -0.25) is 4.90 Å². The largest absolute Gasteiger partial charge is 0.396 e. The van der Waals surface area contributed by atoms with E-state index in [9.17, 15) is 0 Å². The van der Waals surface area contributed by atoms with Gasteiger partial charge in [-0.2, -0.15) is 0 Å². The van der Waals surface area contributed by atoms with E-state index >= 15 is 0 Å². The van der Waals surface area contributed by atoms with Crippen LogP contribution in [-0.4, -0.2) is 60.4 Å². The van der Waals surface area contributed by atoms with Crippen LogP contribution in [0.15, 0.2) is 35.8 Å². The molecule has 1 aromatic carbocycles. The summed E-state index contributed by atoms with van der Waals surface area (Å²) in [4.78, 5) is 5.19. The summed E-state index contributed by atoms with van der Waals surface area (Å²) in [5.41, 5.74) is 8.09. The monoisotopic (exact) mass is 454 g/mol. The standard InChI is InChI=1S/C28H43N2OP/c1-27(2)10-11-28(3,4)26-19-22(8-9-25(26)27)23-18-24(21-32-20-23)30-15-13-29(14-16-30)12-6-5-7-17-31/h8-9,18-19,21,31-32H,5-7,10-17,20H2,1-4H3. The van der Waals surface area contributed by atoms with E-state index < -0.39 is 0 Å². The Balaban J connectivity index is 1.44. The second-order valence-electron chi connectivity index (χ2n) is 11.3. The molecule has 1 N–H and O–H groups in total. The molecule has 176 valence electrons. The van der Waals surface area contributed by atoms with Gasteiger partial charge in [0, 0.05) is 38.5 Å². The minimum Gasteiger partial charge on any atom is -0.396 e. The summed E-state index contributed by atoms with van der Waals surface area (Å²) in [7, 11) is 0.881. The lowest BCUT2D eigenvalue weighted by molar-refractivity contribution is 0.158. The van der Waals surface area contributed by atoms with Crippen LogP contribution in [0.2, 0.25) is 0 Å². The lowest BCUT2D eigenvalue weighted by atomic mass is 9.63. The van der Waals surface area contributed by atoms with Gasteiger partial charge in [-0.05, 0) is 89.8 Å². The Labute approximate surface area is 197 Å². The first kappa shape index (κ1) is 24.0. The van der Waals surface area contributed by atoms with Gasteiger partial charge in [0.05, 0.1) is 0 Å². The van der Waals surface area contributed by atoms with Crippen molar-refractivity contribution < 1.29 is 5.11 Å². The first-order valence-corrected chi connectivity index (χ1v) is 14.0. The molecule has 0 saturated carbocycles. The van der Waals surface area contributed by atoms with Crippen LogP contribution >= 0.6 is 8.58 Å². The SMILES string of the molecule is CC1(C)CCC(C)(C)c2cc(C3=CC(N4CCN(CCCCCO)CC4)=CPC3)ccc21. The fraction of sp³-hybridized carbons (Fsp3) is 0.643. The zero-order chi connectivity index (χ0) is 22.8. The van der Waals surface area contributed by atoms with Crippen LogP contribution in [0.5, 0.6) is 0 Å². The number of piperazine rings is 1. The van der Waals surface area contributed by atoms with E-state index in [1.807, 2.05) is 0 Å². The highest BCUT2D eigenvalue weighted by molar-refractivity contribution is 7.42. The predicted molar refractivity (Wildman–Crippen MR) is 140 cm³/mol. The number of aliphatic hydroxyl groups is 1. The Hall–Kier alpha value is -1.15. The third-order valence-electron chi connectivity index (χ3n) is 7.96. The Morgan fingerprint density at radius 3 is 2.34 bits per heavy atom. The van der Waals surface area contributed by atoms with Crippen molar-refractivity contribution in [2.24, 2.45) is 0 Å². The van der Waals surface area contributed by atoms with E-state index in [1.165, 1.54) is 48.8 Å². The molecule has 0 spiro atoms. The lowest BCUT2D eigenvalue weighted by Gasteiger charge is -2.42. The molecule has 4 heteroatoms. The second-order valence-corrected chi connectivity index (χ2v) is 12.3. The predicted octanol–water partition coefficient (Wildman–Crippen LogP) is 5.73. The molecule has 4 rings (SSSR count). The summed E-state index contributed by atoms with van der Waals surface area (Å²) in [6, 6.07) is 7.36. The molecule has 1 atom stereocenters. The topological polar surface area (TPSA) is 26.7 Å². The van der Waals surface area contributed by atoms with E-state index in [-0.39, 0.29) is 10.8 Å². The smallest absolute Gasteiger partial charge is 0.0431 e. The van der Waals surface area contributed by atoms with Gasteiger partial charge in [0.2, 0.25) is 0 Å². The zero-order valence-electron chi connectivity index (χ0n) is 20.7. The Kier molecular flexibility index (Phi) is 7.50. The van der Waals surface area contributed by atoms with Gasteiger partial charge in [-0.15, -0.1) is 0 Å². The van der Waals surface area contributed by atoms with Crippen LogP contribution in [0.4, 0.5) is 0 Å². The molecule has 0 radical (unpaired) electrons. The van der Waals surface area contributed by atoms with Crippen molar-refractivity contribution in [3.05, 3.63) is 52.5 Å². The molecule has 2 aliphatic heterocycles. The molecule has 0 amide bonds. The Morgan fingerprint density at radius 1 is 0.906 bits per heavy atom. The highest BCUT2D eigenvalue weighted by Gasteiger charge is 2.37. The molecule has 1 fully saturated rings. The summed E-state index contributed by atoms with van der Waals surface area (Å²) >= 11 is 0. The summed E-state index contributed by atoms with van der Waals surface area (Å²) in [6.45, 7) is 15.8. The number of aliphatic hydroxyl groups excluding tert-OH is 1. The number of hydrogen-bond acceptors (Lipinski definition) is 3. The van der Waals surface area contributed by atoms with E-state index in [0.29, 0.717) is 6.61 Å². The van der Waals surface area contributed by atoms with E-state index in [1.54, 1.807) is 11.1 Å². The normalized spacial score (nSPS) is 23.6. The van der Waals surface area contributed by atoms with Gasteiger partial charge in [0.1, 0.15) is 0 Å². The lowest BCUT2D eigenvalue weighted by Crippen LogP contribution is -2.45. The van der Waals surface area contributed by atoms with Crippen molar-refractivity contribution in [3.63, 3.8) is 0 Å². The molecule has 1 aromatic rings. The number of nitrogens with zero attached hydrogens (tertiary/aromatic N) is 2. The maximum absolute atomic E-state index is 8.96. The van der Waals surface area contributed by atoms with Crippen molar-refractivity contribution in [1.29, 1.82) is 0 Å². The van der Waals surface area contributed by atoms with Gasteiger partial charge in [0.25, 0.3) is 0 Å². The summed E-state index contributed by atoms with van der Waals surface area (Å²) in [5, 5.41) is 8.96. The molecular formula is C28H43N2OP. The van der Waals surface area contributed by atoms with Crippen molar-refractivity contribution in [1.82, 2.24) is 9.80 Å². The highest BCUT2D eigenvalue weighted by atomic mass is 31.1. The van der Waals surface area contributed by atoms with Gasteiger partial charge < -0.3 is 10.0 Å². The molecular weight excluding hydrogens is 411 g/mol. The average molecular weight is 455 g/mol. The van der Waals surface area contributed by atoms with Gasteiger partial charge in [0.15, 0.2) is 0 Å². The summed E-state index contributed by atoms with van der Waals surface area (Å²) in [6.07, 6.45) is 9.50. The number of hydrogen-bond donors (Lipinski definition) is 1. The molecule has 0 aromatic heterocycles. The highest BCUT2D eigenvalue weighted by Crippen LogP contribution is 2.47. The van der Waals surface area contributed by atoms with E-state index in [2.05, 4.69) is 67.6 Å². The minimum absolute atomic E-state index is 0.268. The first-order chi connectivity index (χ1) is 15.3. The molecule has 3 nitrogen and oxygen atoms in total. The van der Waals surface area contributed by atoms with Crippen LogP contribution in [0, 0.1) is 0 Å². The van der Waals surface area contributed by atoms with E-state index in [4.69, 9.17) is 5.11 Å². The van der Waals surface area contributed by atoms with Crippen LogP contribution in [0.25, 0.3) is 5.57 Å². The molecule has 1 saturated heterocycles. The van der Waals surface area contributed by atoms with Gasteiger partial charge in [-0.1, -0.05) is 54.5 Å². The maximum Gasteiger partial charge on any atom is 0.0431 e. The number of fused-ring (bicyclic) bond motifs is 1. The summed E-state index contributed by atoms with van der Waals surface area (Å²) < 4.78 is 0. The molecule has 2 heterocycles. The number of rotatable bonds is 7. The number of benzene rings is 1. The third kappa shape index (κ3) is 5.32. The van der Waals surface area contributed by atoms with Gasteiger partial charge in [-0.25, -0.2) is 0 Å². The first-order valence-electron chi connectivity index (χ1n) is 12.7. The second kappa shape index (κ2) is 10.00. The molecule has 1 aliphatic carbocycles. The number of unbranched alkanes of at least 4 members (excludes halogenated alkanes) is 2.